The van der Waals surface area contributed by atoms with Crippen LogP contribution in [0.5, 0.6) is 0 Å². The van der Waals surface area contributed by atoms with E-state index in [9.17, 15) is 18.3 Å². The number of nitrogens with zero attached hydrogens (tertiary/aromatic N) is 1. The van der Waals surface area contributed by atoms with Crippen molar-refractivity contribution in [3.63, 3.8) is 0 Å². The molecule has 1 aliphatic rings. The number of hydrogen-bond acceptors (Lipinski definition) is 3. The van der Waals surface area contributed by atoms with Crippen molar-refractivity contribution >= 4 is 16.0 Å². The summed E-state index contributed by atoms with van der Waals surface area (Å²) in [4.78, 5) is 12.1. The average molecular weight is 385 g/mol. The van der Waals surface area contributed by atoms with Crippen molar-refractivity contribution in [2.75, 3.05) is 0 Å². The zero-order valence-corrected chi connectivity index (χ0v) is 16.4. The summed E-state index contributed by atoms with van der Waals surface area (Å²) in [5.74, 6) is -1.10. The Morgan fingerprint density at radius 1 is 1.07 bits per heavy atom. The van der Waals surface area contributed by atoms with Crippen molar-refractivity contribution < 1.29 is 18.3 Å². The van der Waals surface area contributed by atoms with Crippen LogP contribution >= 0.6 is 0 Å². The van der Waals surface area contributed by atoms with Crippen molar-refractivity contribution in [1.29, 1.82) is 0 Å². The van der Waals surface area contributed by atoms with Crippen LogP contribution < -0.4 is 0 Å². The maximum Gasteiger partial charge on any atom is 0.333 e. The van der Waals surface area contributed by atoms with Crippen LogP contribution in [-0.4, -0.2) is 29.8 Å². The van der Waals surface area contributed by atoms with E-state index in [4.69, 9.17) is 0 Å². The third-order valence-electron chi connectivity index (χ3n) is 4.87. The van der Waals surface area contributed by atoms with Gasteiger partial charge < -0.3 is 5.11 Å². The van der Waals surface area contributed by atoms with Crippen LogP contribution in [-0.2, 0) is 14.8 Å². The molecule has 3 rings (SSSR count). The van der Waals surface area contributed by atoms with Gasteiger partial charge in [0, 0.05) is 6.04 Å². The molecule has 2 atom stereocenters. The van der Waals surface area contributed by atoms with Crippen LogP contribution in [0.15, 0.2) is 65.1 Å². The Morgan fingerprint density at radius 2 is 1.74 bits per heavy atom. The molecule has 0 bridgehead atoms. The lowest BCUT2D eigenvalue weighted by Crippen LogP contribution is -2.38. The van der Waals surface area contributed by atoms with Crippen LogP contribution in [0.4, 0.5) is 0 Å². The zero-order chi connectivity index (χ0) is 19.8. The first-order valence-electron chi connectivity index (χ1n) is 8.87. The second-order valence-electron chi connectivity index (χ2n) is 6.87. The van der Waals surface area contributed by atoms with Crippen molar-refractivity contribution in [3.8, 4) is 0 Å². The molecule has 5 nitrogen and oxygen atoms in total. The fraction of sp³-hybridized carbons (Fsp3) is 0.286. The van der Waals surface area contributed by atoms with Gasteiger partial charge in [-0.25, -0.2) is 13.2 Å². The molecule has 0 saturated heterocycles. The fourth-order valence-corrected chi connectivity index (χ4v) is 5.30. The second-order valence-corrected chi connectivity index (χ2v) is 8.71. The Labute approximate surface area is 160 Å². The molecule has 6 heteroatoms. The summed E-state index contributed by atoms with van der Waals surface area (Å²) in [6.07, 6.45) is 2.06. The number of aryl methyl sites for hydroxylation is 2. The first-order valence-corrected chi connectivity index (χ1v) is 10.3. The first kappa shape index (κ1) is 19.3. The molecule has 1 heterocycles. The minimum Gasteiger partial charge on any atom is -0.478 e. The molecule has 1 N–H and O–H groups in total. The molecular formula is C21H23NO4S. The molecule has 0 spiro atoms. The molecule has 0 aromatic heterocycles. The lowest BCUT2D eigenvalue weighted by Gasteiger charge is -2.30. The number of rotatable bonds is 5. The maximum atomic E-state index is 13.5. The summed E-state index contributed by atoms with van der Waals surface area (Å²) in [5, 5.41) is 9.73. The van der Waals surface area contributed by atoms with Gasteiger partial charge in [0.2, 0.25) is 10.0 Å². The molecule has 0 aliphatic carbocycles. The highest BCUT2D eigenvalue weighted by atomic mass is 32.2. The van der Waals surface area contributed by atoms with Gasteiger partial charge >= 0.3 is 5.97 Å². The summed E-state index contributed by atoms with van der Waals surface area (Å²) in [6.45, 7) is 5.65. The van der Waals surface area contributed by atoms with E-state index in [1.165, 1.54) is 4.31 Å². The highest BCUT2D eigenvalue weighted by Gasteiger charge is 2.45. The molecule has 2 aromatic rings. The van der Waals surface area contributed by atoms with Gasteiger partial charge in [-0.3, -0.25) is 0 Å². The minimum absolute atomic E-state index is 0.100. The molecule has 0 radical (unpaired) electrons. The van der Waals surface area contributed by atoms with Gasteiger partial charge in [0.15, 0.2) is 0 Å². The lowest BCUT2D eigenvalue weighted by atomic mass is 9.99. The fourth-order valence-electron chi connectivity index (χ4n) is 3.50. The summed E-state index contributed by atoms with van der Waals surface area (Å²) in [7, 11) is -3.88. The SMILES string of the molecule is CC[C@@H]1C=C(C(=O)O)[C@H](c2cccc(C)c2)N1S(=O)(=O)c1ccc(C)cc1. The van der Waals surface area contributed by atoms with Crippen LogP contribution in [0.25, 0.3) is 0 Å². The number of carbonyl (C=O) groups is 1. The van der Waals surface area contributed by atoms with Crippen molar-refractivity contribution in [2.45, 2.75) is 44.2 Å². The summed E-state index contributed by atoms with van der Waals surface area (Å²) >= 11 is 0. The molecule has 0 amide bonds. The van der Waals surface area contributed by atoms with E-state index in [0.717, 1.165) is 11.1 Å². The smallest absolute Gasteiger partial charge is 0.333 e. The largest absolute Gasteiger partial charge is 0.478 e. The topological polar surface area (TPSA) is 74.7 Å². The Balaban J connectivity index is 2.18. The third-order valence-corrected chi connectivity index (χ3v) is 6.77. The number of carboxylic acids is 1. The Morgan fingerprint density at radius 3 is 2.30 bits per heavy atom. The van der Waals surface area contributed by atoms with Crippen LogP contribution in [0.1, 0.15) is 36.1 Å². The molecule has 27 heavy (non-hydrogen) atoms. The van der Waals surface area contributed by atoms with Crippen molar-refractivity contribution in [2.24, 2.45) is 0 Å². The molecule has 1 aliphatic heterocycles. The van der Waals surface area contributed by atoms with E-state index in [0.29, 0.717) is 12.0 Å². The normalized spacial score (nSPS) is 20.5. The van der Waals surface area contributed by atoms with E-state index in [1.54, 1.807) is 36.4 Å². The van der Waals surface area contributed by atoms with E-state index < -0.39 is 28.1 Å². The van der Waals surface area contributed by atoms with E-state index in [2.05, 4.69) is 0 Å². The molecule has 0 unspecified atom stereocenters. The zero-order valence-electron chi connectivity index (χ0n) is 15.6. The Hall–Kier alpha value is -2.44. The van der Waals surface area contributed by atoms with Gasteiger partial charge in [0.1, 0.15) is 0 Å². The Bertz CT molecular complexity index is 993. The predicted molar refractivity (Wildman–Crippen MR) is 104 cm³/mol. The van der Waals surface area contributed by atoms with Crippen LogP contribution in [0, 0.1) is 13.8 Å². The van der Waals surface area contributed by atoms with Gasteiger partial charge in [0.25, 0.3) is 0 Å². The summed E-state index contributed by atoms with van der Waals surface area (Å²) in [6, 6.07) is 12.6. The monoisotopic (exact) mass is 385 g/mol. The van der Waals surface area contributed by atoms with Gasteiger partial charge in [-0.2, -0.15) is 4.31 Å². The van der Waals surface area contributed by atoms with Gasteiger partial charge in [0.05, 0.1) is 16.5 Å². The predicted octanol–water partition coefficient (Wildman–Crippen LogP) is 3.84. The number of aliphatic carboxylic acids is 1. The van der Waals surface area contributed by atoms with Gasteiger partial charge in [-0.1, -0.05) is 60.5 Å². The number of benzene rings is 2. The third kappa shape index (κ3) is 3.55. The molecule has 0 fully saturated rings. The molecule has 142 valence electrons. The average Bonchev–Trinajstić information content (AvgIpc) is 3.03. The standard InChI is InChI=1S/C21H23NO4S/c1-4-17-13-19(21(23)24)20(16-7-5-6-15(3)12-16)22(17)27(25,26)18-10-8-14(2)9-11-18/h5-13,17,20H,4H2,1-3H3,(H,23,24)/t17-,20+/m1/s1. The van der Waals surface area contributed by atoms with Crippen LogP contribution in [0.3, 0.4) is 0 Å². The molecule has 2 aromatic carbocycles. The number of carboxylic acid groups (broad SMARTS) is 1. The van der Waals surface area contributed by atoms with E-state index in [1.807, 2.05) is 39.0 Å². The minimum atomic E-state index is -3.88. The van der Waals surface area contributed by atoms with Crippen molar-refractivity contribution in [1.82, 2.24) is 4.31 Å². The number of sulfonamides is 1. The molecular weight excluding hydrogens is 362 g/mol. The highest BCUT2D eigenvalue weighted by molar-refractivity contribution is 7.89. The van der Waals surface area contributed by atoms with E-state index >= 15 is 0 Å². The van der Waals surface area contributed by atoms with Crippen LogP contribution in [0.2, 0.25) is 0 Å². The second kappa shape index (κ2) is 7.29. The number of hydrogen-bond donors (Lipinski definition) is 1. The summed E-state index contributed by atoms with van der Waals surface area (Å²) in [5.41, 5.74) is 2.67. The molecule has 0 saturated carbocycles. The van der Waals surface area contributed by atoms with Crippen molar-refractivity contribution in [3.05, 3.63) is 76.9 Å². The van der Waals surface area contributed by atoms with E-state index in [-0.39, 0.29) is 10.5 Å². The Kier molecular flexibility index (Phi) is 5.22. The summed E-state index contributed by atoms with van der Waals surface area (Å²) < 4.78 is 28.2. The van der Waals surface area contributed by atoms with Gasteiger partial charge in [-0.15, -0.1) is 0 Å². The quantitative estimate of drug-likeness (QED) is 0.849. The van der Waals surface area contributed by atoms with Gasteiger partial charge in [-0.05, 0) is 38.0 Å². The highest BCUT2D eigenvalue weighted by Crippen LogP contribution is 2.42. The maximum absolute atomic E-state index is 13.5. The first-order chi connectivity index (χ1) is 12.8. The lowest BCUT2D eigenvalue weighted by molar-refractivity contribution is -0.133.